The van der Waals surface area contributed by atoms with Crippen LogP contribution >= 0.6 is 0 Å². The van der Waals surface area contributed by atoms with Gasteiger partial charge in [0.2, 0.25) is 0 Å². The van der Waals surface area contributed by atoms with Crippen molar-refractivity contribution < 1.29 is 9.59 Å². The van der Waals surface area contributed by atoms with E-state index in [1.54, 1.807) is 0 Å². The molecule has 0 saturated carbocycles. The van der Waals surface area contributed by atoms with Crippen molar-refractivity contribution in [2.75, 3.05) is 0 Å². The van der Waals surface area contributed by atoms with Crippen LogP contribution in [-0.4, -0.2) is 22.8 Å². The van der Waals surface area contributed by atoms with Crippen molar-refractivity contribution >= 4 is 11.8 Å². The Hall–Kier alpha value is -1.12. The zero-order valence-corrected chi connectivity index (χ0v) is 13.8. The standard InChI is InChI=1S/C18H31NO2/c1-3-5-7-9-11-13-16(12-10-8-6-4-2)19-17(20)14-15-18(19)21/h14-16H,3-13H2,1-2H3. The van der Waals surface area contributed by atoms with Gasteiger partial charge < -0.3 is 0 Å². The number of unbranched alkanes of at least 4 members (excludes halogenated alkanes) is 7. The van der Waals surface area contributed by atoms with Gasteiger partial charge in [-0.15, -0.1) is 0 Å². The Morgan fingerprint density at radius 2 is 1.19 bits per heavy atom. The molecule has 1 heterocycles. The topological polar surface area (TPSA) is 37.4 Å². The highest BCUT2D eigenvalue weighted by atomic mass is 16.2. The Morgan fingerprint density at radius 1 is 0.762 bits per heavy atom. The second kappa shape index (κ2) is 10.6. The number of carbonyl (C=O) groups excluding carboxylic acids is 2. The SMILES string of the molecule is CCCCCCCC(CCCCCC)N1C(=O)C=CC1=O. The van der Waals surface area contributed by atoms with E-state index in [1.165, 1.54) is 62.0 Å². The molecule has 1 rings (SSSR count). The first-order chi connectivity index (χ1) is 10.2. The van der Waals surface area contributed by atoms with Crippen LogP contribution < -0.4 is 0 Å². The van der Waals surface area contributed by atoms with Crippen molar-refractivity contribution in [2.45, 2.75) is 90.5 Å². The highest BCUT2D eigenvalue weighted by Gasteiger charge is 2.30. The fourth-order valence-electron chi connectivity index (χ4n) is 2.96. The lowest BCUT2D eigenvalue weighted by Gasteiger charge is -2.26. The largest absolute Gasteiger partial charge is 0.272 e. The van der Waals surface area contributed by atoms with Gasteiger partial charge in [-0.25, -0.2) is 0 Å². The van der Waals surface area contributed by atoms with Gasteiger partial charge in [0.1, 0.15) is 0 Å². The minimum Gasteiger partial charge on any atom is -0.272 e. The fraction of sp³-hybridized carbons (Fsp3) is 0.778. The molecule has 0 aliphatic carbocycles. The van der Waals surface area contributed by atoms with Crippen molar-refractivity contribution in [3.05, 3.63) is 12.2 Å². The first-order valence-electron chi connectivity index (χ1n) is 8.76. The molecule has 1 unspecified atom stereocenters. The van der Waals surface area contributed by atoms with Crippen LogP contribution in [0.25, 0.3) is 0 Å². The summed E-state index contributed by atoms with van der Waals surface area (Å²) in [5.74, 6) is -0.233. The molecule has 2 amide bonds. The number of carbonyl (C=O) groups is 2. The number of hydrogen-bond donors (Lipinski definition) is 0. The molecule has 0 aromatic rings. The van der Waals surface area contributed by atoms with E-state index in [4.69, 9.17) is 0 Å². The van der Waals surface area contributed by atoms with Crippen LogP contribution in [0.4, 0.5) is 0 Å². The van der Waals surface area contributed by atoms with E-state index < -0.39 is 0 Å². The summed E-state index contributed by atoms with van der Waals surface area (Å²) in [5, 5.41) is 0. The van der Waals surface area contributed by atoms with Gasteiger partial charge in [-0.1, -0.05) is 71.6 Å². The molecule has 21 heavy (non-hydrogen) atoms. The van der Waals surface area contributed by atoms with Gasteiger partial charge in [-0.3, -0.25) is 14.5 Å². The summed E-state index contributed by atoms with van der Waals surface area (Å²) in [5.41, 5.74) is 0. The summed E-state index contributed by atoms with van der Waals surface area (Å²) in [6.07, 6.45) is 15.7. The predicted octanol–water partition coefficient (Wildman–Crippen LogP) is 4.61. The van der Waals surface area contributed by atoms with Gasteiger partial charge in [0.15, 0.2) is 0 Å². The van der Waals surface area contributed by atoms with Crippen molar-refractivity contribution in [3.63, 3.8) is 0 Å². The van der Waals surface area contributed by atoms with Crippen LogP contribution in [0.3, 0.4) is 0 Å². The molecule has 120 valence electrons. The van der Waals surface area contributed by atoms with E-state index in [0.29, 0.717) is 0 Å². The summed E-state index contributed by atoms with van der Waals surface area (Å²) in [6, 6.07) is 0.110. The molecule has 3 heteroatoms. The lowest BCUT2D eigenvalue weighted by atomic mass is 9.99. The predicted molar refractivity (Wildman–Crippen MR) is 86.9 cm³/mol. The maximum Gasteiger partial charge on any atom is 0.253 e. The molecule has 1 atom stereocenters. The normalized spacial score (nSPS) is 16.0. The first-order valence-corrected chi connectivity index (χ1v) is 8.76. The first kappa shape index (κ1) is 17.9. The summed E-state index contributed by atoms with van der Waals surface area (Å²) in [4.78, 5) is 25.2. The van der Waals surface area contributed by atoms with Gasteiger partial charge in [0, 0.05) is 18.2 Å². The van der Waals surface area contributed by atoms with Crippen LogP contribution in [0, 0.1) is 0 Å². The molecule has 0 radical (unpaired) electrons. The summed E-state index contributed by atoms with van der Waals surface area (Å²) in [6.45, 7) is 4.41. The number of rotatable bonds is 12. The zero-order chi connectivity index (χ0) is 15.5. The van der Waals surface area contributed by atoms with Crippen LogP contribution in [-0.2, 0) is 9.59 Å². The molecular formula is C18H31NO2. The molecule has 0 fully saturated rings. The molecule has 0 spiro atoms. The quantitative estimate of drug-likeness (QED) is 0.389. The van der Waals surface area contributed by atoms with Crippen LogP contribution in [0.2, 0.25) is 0 Å². The van der Waals surface area contributed by atoms with E-state index in [-0.39, 0.29) is 17.9 Å². The molecule has 0 saturated heterocycles. The third-order valence-corrected chi connectivity index (χ3v) is 4.24. The van der Waals surface area contributed by atoms with Gasteiger partial charge in [-0.2, -0.15) is 0 Å². The molecule has 0 N–H and O–H groups in total. The van der Waals surface area contributed by atoms with E-state index in [2.05, 4.69) is 13.8 Å². The lowest BCUT2D eigenvalue weighted by Crippen LogP contribution is -2.40. The molecule has 1 aliphatic rings. The summed E-state index contributed by atoms with van der Waals surface area (Å²) < 4.78 is 0. The van der Waals surface area contributed by atoms with E-state index >= 15 is 0 Å². The average molecular weight is 293 g/mol. The lowest BCUT2D eigenvalue weighted by molar-refractivity contribution is -0.139. The molecule has 0 aromatic carbocycles. The molecular weight excluding hydrogens is 262 g/mol. The van der Waals surface area contributed by atoms with Crippen LogP contribution in [0.5, 0.6) is 0 Å². The third kappa shape index (κ3) is 6.45. The van der Waals surface area contributed by atoms with Crippen LogP contribution in [0.15, 0.2) is 12.2 Å². The Balaban J connectivity index is 2.41. The smallest absolute Gasteiger partial charge is 0.253 e. The number of hydrogen-bond acceptors (Lipinski definition) is 2. The Bertz CT molecular complexity index is 331. The minimum absolute atomic E-state index is 0.110. The molecule has 3 nitrogen and oxygen atoms in total. The number of imide groups is 1. The minimum atomic E-state index is -0.117. The van der Waals surface area contributed by atoms with Crippen molar-refractivity contribution in [3.8, 4) is 0 Å². The third-order valence-electron chi connectivity index (χ3n) is 4.24. The maximum absolute atomic E-state index is 11.9. The fourth-order valence-corrected chi connectivity index (χ4v) is 2.96. The molecule has 1 aliphatic heterocycles. The Labute approximate surface area is 129 Å². The molecule has 0 aromatic heterocycles. The second-order valence-electron chi connectivity index (χ2n) is 6.09. The Morgan fingerprint density at radius 3 is 1.67 bits per heavy atom. The highest BCUT2D eigenvalue weighted by molar-refractivity contribution is 6.13. The number of amides is 2. The molecule has 0 bridgehead atoms. The van der Waals surface area contributed by atoms with Gasteiger partial charge in [0.25, 0.3) is 11.8 Å². The number of nitrogens with zero attached hydrogens (tertiary/aromatic N) is 1. The van der Waals surface area contributed by atoms with Crippen molar-refractivity contribution in [1.29, 1.82) is 0 Å². The van der Waals surface area contributed by atoms with E-state index in [1.807, 2.05) is 0 Å². The van der Waals surface area contributed by atoms with E-state index in [0.717, 1.165) is 25.7 Å². The zero-order valence-electron chi connectivity index (χ0n) is 13.8. The summed E-state index contributed by atoms with van der Waals surface area (Å²) >= 11 is 0. The van der Waals surface area contributed by atoms with E-state index in [9.17, 15) is 9.59 Å². The van der Waals surface area contributed by atoms with Crippen molar-refractivity contribution in [2.24, 2.45) is 0 Å². The summed E-state index contributed by atoms with van der Waals surface area (Å²) in [7, 11) is 0. The van der Waals surface area contributed by atoms with Gasteiger partial charge >= 0.3 is 0 Å². The maximum atomic E-state index is 11.9. The monoisotopic (exact) mass is 293 g/mol. The second-order valence-corrected chi connectivity index (χ2v) is 6.09. The average Bonchev–Trinajstić information content (AvgIpc) is 2.80. The van der Waals surface area contributed by atoms with Crippen LogP contribution in [0.1, 0.15) is 84.5 Å². The van der Waals surface area contributed by atoms with Gasteiger partial charge in [-0.05, 0) is 12.8 Å². The Kier molecular flexibility index (Phi) is 9.04. The highest BCUT2D eigenvalue weighted by Crippen LogP contribution is 2.21. The van der Waals surface area contributed by atoms with Crippen molar-refractivity contribution in [1.82, 2.24) is 4.90 Å². The van der Waals surface area contributed by atoms with Gasteiger partial charge in [0.05, 0.1) is 0 Å².